The molecule has 1 aromatic heterocycles. The fourth-order valence-electron chi connectivity index (χ4n) is 3.98. The molecule has 4 rings (SSSR count). The van der Waals surface area contributed by atoms with E-state index >= 15 is 0 Å². The van der Waals surface area contributed by atoms with Gasteiger partial charge in [-0.05, 0) is 63.8 Å². The maximum Gasteiger partial charge on any atom is 0.303 e. The Labute approximate surface area is 199 Å². The number of rotatable bonds is 12. The normalized spacial score (nSPS) is 14.9. The highest BCUT2D eigenvalue weighted by molar-refractivity contribution is 6.04. The summed E-state index contributed by atoms with van der Waals surface area (Å²) in [5.74, 6) is 0.895. The van der Waals surface area contributed by atoms with E-state index in [0.29, 0.717) is 60.5 Å². The molecule has 2 N–H and O–H groups in total. The minimum absolute atomic E-state index is 0.0878. The molecule has 1 aromatic carbocycles. The number of unbranched alkanes of at least 4 members (excludes halogenated alkanes) is 1. The lowest BCUT2D eigenvalue weighted by Gasteiger charge is -2.18. The summed E-state index contributed by atoms with van der Waals surface area (Å²) in [5.41, 5.74) is 3.21. The largest absolute Gasteiger partial charge is 0.490 e. The number of aliphatic carboxylic acids is 1. The van der Waals surface area contributed by atoms with E-state index in [2.05, 4.69) is 4.98 Å². The van der Waals surface area contributed by atoms with Crippen molar-refractivity contribution < 1.29 is 24.2 Å². The molecule has 2 heterocycles. The third-order valence-electron chi connectivity index (χ3n) is 5.90. The first-order valence-corrected chi connectivity index (χ1v) is 11.8. The van der Waals surface area contributed by atoms with Crippen molar-refractivity contribution in [2.75, 3.05) is 13.2 Å². The van der Waals surface area contributed by atoms with Crippen LogP contribution in [0.2, 0.25) is 0 Å². The predicted octanol–water partition coefficient (Wildman–Crippen LogP) is 4.40. The second kappa shape index (κ2) is 10.2. The summed E-state index contributed by atoms with van der Waals surface area (Å²) in [7, 11) is 0. The van der Waals surface area contributed by atoms with E-state index in [4.69, 9.17) is 20.0 Å². The number of nitrogens with one attached hydrogen (secondary N) is 1. The average molecular weight is 466 g/mol. The maximum absolute atomic E-state index is 13.1. The van der Waals surface area contributed by atoms with Gasteiger partial charge >= 0.3 is 5.97 Å². The van der Waals surface area contributed by atoms with Crippen molar-refractivity contribution >= 4 is 17.6 Å². The SMILES string of the molecule is CC(C)Oc1cc(C(=O)CN2Cc3ccc(C4CC4)nc3C2=N)ccc1OCCCCC(=O)O. The maximum atomic E-state index is 13.1. The Balaban J connectivity index is 1.41. The first-order valence-electron chi connectivity index (χ1n) is 11.8. The van der Waals surface area contributed by atoms with Crippen LogP contribution in [0.15, 0.2) is 30.3 Å². The van der Waals surface area contributed by atoms with Gasteiger partial charge in [0.1, 0.15) is 11.5 Å². The molecule has 8 nitrogen and oxygen atoms in total. The molecule has 34 heavy (non-hydrogen) atoms. The number of fused-ring (bicyclic) bond motifs is 1. The molecule has 0 saturated heterocycles. The van der Waals surface area contributed by atoms with Crippen LogP contribution in [-0.4, -0.2) is 51.8 Å². The van der Waals surface area contributed by atoms with Crippen LogP contribution in [0.1, 0.15) is 79.2 Å². The smallest absolute Gasteiger partial charge is 0.303 e. The number of aromatic nitrogens is 1. The molecule has 2 aromatic rings. The Morgan fingerprint density at radius 1 is 1.18 bits per heavy atom. The van der Waals surface area contributed by atoms with Crippen LogP contribution < -0.4 is 9.47 Å². The third-order valence-corrected chi connectivity index (χ3v) is 5.90. The lowest BCUT2D eigenvalue weighted by atomic mass is 10.1. The summed E-state index contributed by atoms with van der Waals surface area (Å²) in [6.07, 6.45) is 3.47. The second-order valence-corrected chi connectivity index (χ2v) is 9.17. The molecule has 0 atom stereocenters. The molecule has 2 aliphatic rings. The number of carbonyl (C=O) groups is 2. The van der Waals surface area contributed by atoms with Gasteiger partial charge in [-0.1, -0.05) is 6.07 Å². The van der Waals surface area contributed by atoms with Crippen molar-refractivity contribution in [3.63, 3.8) is 0 Å². The Kier molecular flexibility index (Phi) is 7.14. The van der Waals surface area contributed by atoms with Gasteiger partial charge in [0.15, 0.2) is 17.3 Å². The summed E-state index contributed by atoms with van der Waals surface area (Å²) in [6, 6.07) is 9.19. The molecule has 1 aliphatic carbocycles. The molecule has 8 heteroatoms. The van der Waals surface area contributed by atoms with Gasteiger partial charge in [0.25, 0.3) is 0 Å². The lowest BCUT2D eigenvalue weighted by molar-refractivity contribution is -0.137. The van der Waals surface area contributed by atoms with E-state index in [1.165, 1.54) is 0 Å². The molecule has 0 amide bonds. The summed E-state index contributed by atoms with van der Waals surface area (Å²) >= 11 is 0. The monoisotopic (exact) mass is 465 g/mol. The van der Waals surface area contributed by atoms with Gasteiger partial charge in [-0.15, -0.1) is 0 Å². The van der Waals surface area contributed by atoms with Crippen molar-refractivity contribution in [2.45, 2.75) is 64.5 Å². The number of carbonyl (C=O) groups excluding carboxylic acids is 1. The van der Waals surface area contributed by atoms with E-state index in [9.17, 15) is 9.59 Å². The van der Waals surface area contributed by atoms with Crippen LogP contribution in [0.5, 0.6) is 11.5 Å². The Morgan fingerprint density at radius 3 is 2.68 bits per heavy atom. The van der Waals surface area contributed by atoms with E-state index in [0.717, 1.165) is 24.1 Å². The van der Waals surface area contributed by atoms with Gasteiger partial charge in [-0.25, -0.2) is 4.98 Å². The van der Waals surface area contributed by atoms with Crippen molar-refractivity contribution in [1.29, 1.82) is 5.41 Å². The highest BCUT2D eigenvalue weighted by Gasteiger charge is 2.31. The van der Waals surface area contributed by atoms with Crippen molar-refractivity contribution in [3.8, 4) is 11.5 Å². The Hall–Kier alpha value is -3.42. The zero-order valence-corrected chi connectivity index (χ0v) is 19.7. The number of benzene rings is 1. The number of ether oxygens (including phenoxy) is 2. The van der Waals surface area contributed by atoms with Gasteiger partial charge in [0, 0.05) is 35.7 Å². The Morgan fingerprint density at radius 2 is 1.97 bits per heavy atom. The zero-order chi connectivity index (χ0) is 24.2. The third kappa shape index (κ3) is 5.73. The van der Waals surface area contributed by atoms with E-state index in [1.807, 2.05) is 26.0 Å². The molecular weight excluding hydrogens is 434 g/mol. The van der Waals surface area contributed by atoms with Crippen molar-refractivity contribution in [3.05, 3.63) is 52.8 Å². The van der Waals surface area contributed by atoms with Gasteiger partial charge < -0.3 is 19.5 Å². The van der Waals surface area contributed by atoms with Crippen molar-refractivity contribution in [2.24, 2.45) is 0 Å². The molecule has 1 aliphatic heterocycles. The van der Waals surface area contributed by atoms with Gasteiger partial charge in [0.2, 0.25) is 0 Å². The highest BCUT2D eigenvalue weighted by Crippen LogP contribution is 2.39. The number of nitrogens with zero attached hydrogens (tertiary/aromatic N) is 2. The summed E-state index contributed by atoms with van der Waals surface area (Å²) in [4.78, 5) is 30.2. The molecular formula is C26H31N3O5. The fourth-order valence-corrected chi connectivity index (χ4v) is 3.98. The Bertz CT molecular complexity index is 1090. The number of hydrogen-bond donors (Lipinski definition) is 2. The first-order chi connectivity index (χ1) is 16.3. The fraction of sp³-hybridized carbons (Fsp3) is 0.462. The van der Waals surface area contributed by atoms with Crippen LogP contribution in [-0.2, 0) is 11.3 Å². The van der Waals surface area contributed by atoms with Crippen LogP contribution >= 0.6 is 0 Å². The van der Waals surface area contributed by atoms with Crippen LogP contribution in [0.3, 0.4) is 0 Å². The number of carboxylic acids is 1. The first kappa shape index (κ1) is 23.7. The molecule has 0 bridgehead atoms. The zero-order valence-electron chi connectivity index (χ0n) is 19.7. The number of ketones is 1. The molecule has 1 fully saturated rings. The molecule has 0 unspecified atom stereocenters. The van der Waals surface area contributed by atoms with Gasteiger partial charge in [-0.2, -0.15) is 0 Å². The van der Waals surface area contributed by atoms with Crippen LogP contribution in [0, 0.1) is 5.41 Å². The topological polar surface area (TPSA) is 113 Å². The van der Waals surface area contributed by atoms with E-state index < -0.39 is 5.97 Å². The van der Waals surface area contributed by atoms with E-state index in [-0.39, 0.29) is 24.9 Å². The number of carboxylic acid groups (broad SMARTS) is 1. The van der Waals surface area contributed by atoms with E-state index in [1.54, 1.807) is 23.1 Å². The molecule has 1 saturated carbocycles. The number of Topliss-reactive ketones (excluding diaryl/α,β-unsaturated/α-hetero) is 1. The second-order valence-electron chi connectivity index (χ2n) is 9.17. The quantitative estimate of drug-likeness (QED) is 0.353. The number of hydrogen-bond acceptors (Lipinski definition) is 6. The standard InChI is InChI=1S/C26H31N3O5/c1-16(2)34-23-13-18(9-11-22(23)33-12-4-3-5-24(31)32)21(30)15-29-14-19-8-10-20(17-6-7-17)28-25(19)26(29)27/h8-11,13,16-17,27H,3-7,12,14-15H2,1-2H3,(H,31,32). The predicted molar refractivity (Wildman–Crippen MR) is 127 cm³/mol. The summed E-state index contributed by atoms with van der Waals surface area (Å²) in [5, 5.41) is 17.3. The highest BCUT2D eigenvalue weighted by atomic mass is 16.5. The average Bonchev–Trinajstić information content (AvgIpc) is 3.59. The molecule has 0 radical (unpaired) electrons. The van der Waals surface area contributed by atoms with Gasteiger partial charge in [-0.3, -0.25) is 15.0 Å². The minimum atomic E-state index is -0.819. The molecule has 180 valence electrons. The minimum Gasteiger partial charge on any atom is -0.490 e. The number of amidine groups is 1. The van der Waals surface area contributed by atoms with Crippen LogP contribution in [0.25, 0.3) is 0 Å². The lowest BCUT2D eigenvalue weighted by Crippen LogP contribution is -2.30. The summed E-state index contributed by atoms with van der Waals surface area (Å²) < 4.78 is 11.7. The molecule has 0 spiro atoms. The van der Waals surface area contributed by atoms with Crippen molar-refractivity contribution in [1.82, 2.24) is 9.88 Å². The van der Waals surface area contributed by atoms with Crippen LogP contribution in [0.4, 0.5) is 0 Å². The summed E-state index contributed by atoms with van der Waals surface area (Å²) in [6.45, 7) is 4.76. The number of pyridine rings is 1. The van der Waals surface area contributed by atoms with Gasteiger partial charge in [0.05, 0.1) is 19.3 Å².